The van der Waals surface area contributed by atoms with Crippen LogP contribution < -0.4 is 4.74 Å². The standard InChI is InChI=1S/C30H35NO4S/c1-5-11-28(32)34-26-14-9-10-15-27(26)36-25-18-16-23(17-19-25)20-21-31(29(33)35-30(2,3)4)22-24-12-7-6-8-13-24/h6-10,12-19H,5,11,20-22H2,1-4H3. The Labute approximate surface area is 218 Å². The first-order valence-corrected chi connectivity index (χ1v) is 13.1. The molecule has 0 aliphatic carbocycles. The third-order valence-corrected chi connectivity index (χ3v) is 6.28. The highest BCUT2D eigenvalue weighted by molar-refractivity contribution is 7.99. The third kappa shape index (κ3) is 9.08. The van der Waals surface area contributed by atoms with Crippen molar-refractivity contribution in [3.05, 3.63) is 90.0 Å². The van der Waals surface area contributed by atoms with E-state index in [0.29, 0.717) is 31.7 Å². The van der Waals surface area contributed by atoms with Gasteiger partial charge in [-0.05, 0) is 69.0 Å². The lowest BCUT2D eigenvalue weighted by Crippen LogP contribution is -2.37. The number of carbonyl (C=O) groups excluding carboxylic acids is 2. The Hall–Kier alpha value is -3.25. The van der Waals surface area contributed by atoms with Gasteiger partial charge in [-0.2, -0.15) is 0 Å². The summed E-state index contributed by atoms with van der Waals surface area (Å²) in [5, 5.41) is 0. The van der Waals surface area contributed by atoms with Crippen molar-refractivity contribution in [3.8, 4) is 5.75 Å². The minimum absolute atomic E-state index is 0.217. The van der Waals surface area contributed by atoms with Crippen molar-refractivity contribution in [2.75, 3.05) is 6.54 Å². The van der Waals surface area contributed by atoms with Crippen LogP contribution in [0.15, 0.2) is 88.7 Å². The van der Waals surface area contributed by atoms with Gasteiger partial charge in [0.25, 0.3) is 0 Å². The van der Waals surface area contributed by atoms with Gasteiger partial charge in [-0.1, -0.05) is 73.3 Å². The lowest BCUT2D eigenvalue weighted by Gasteiger charge is -2.27. The van der Waals surface area contributed by atoms with Crippen molar-refractivity contribution in [1.29, 1.82) is 0 Å². The van der Waals surface area contributed by atoms with Crippen LogP contribution in [0.25, 0.3) is 0 Å². The molecule has 3 aromatic rings. The van der Waals surface area contributed by atoms with Crippen molar-refractivity contribution in [2.24, 2.45) is 0 Å². The normalized spacial score (nSPS) is 11.1. The van der Waals surface area contributed by atoms with E-state index in [2.05, 4.69) is 24.3 Å². The van der Waals surface area contributed by atoms with E-state index in [1.165, 1.54) is 0 Å². The van der Waals surface area contributed by atoms with Crippen LogP contribution in [-0.4, -0.2) is 29.1 Å². The fourth-order valence-corrected chi connectivity index (χ4v) is 4.36. The maximum atomic E-state index is 12.9. The summed E-state index contributed by atoms with van der Waals surface area (Å²) in [4.78, 5) is 28.5. The third-order valence-electron chi connectivity index (χ3n) is 5.22. The van der Waals surface area contributed by atoms with Crippen LogP contribution in [0, 0.1) is 0 Å². The molecule has 0 aliphatic heterocycles. The summed E-state index contributed by atoms with van der Waals surface area (Å²) in [6.07, 6.45) is 1.56. The number of carbonyl (C=O) groups is 2. The van der Waals surface area contributed by atoms with E-state index in [-0.39, 0.29) is 12.1 Å². The number of ether oxygens (including phenoxy) is 2. The topological polar surface area (TPSA) is 55.8 Å². The Bertz CT molecular complexity index is 1120. The molecule has 0 atom stereocenters. The van der Waals surface area contributed by atoms with Crippen LogP contribution in [0.1, 0.15) is 51.7 Å². The zero-order chi connectivity index (χ0) is 26.0. The van der Waals surface area contributed by atoms with E-state index in [1.807, 2.05) is 82.3 Å². The van der Waals surface area contributed by atoms with E-state index < -0.39 is 5.60 Å². The smallest absolute Gasteiger partial charge is 0.410 e. The summed E-state index contributed by atoms with van der Waals surface area (Å²) in [6.45, 7) is 8.64. The first kappa shape index (κ1) is 27.3. The van der Waals surface area contributed by atoms with Crippen molar-refractivity contribution in [3.63, 3.8) is 0 Å². The van der Waals surface area contributed by atoms with Crippen molar-refractivity contribution < 1.29 is 19.1 Å². The molecular formula is C30H35NO4S. The van der Waals surface area contributed by atoms with Crippen LogP contribution in [0.3, 0.4) is 0 Å². The number of esters is 1. The van der Waals surface area contributed by atoms with Gasteiger partial charge in [0.05, 0.1) is 4.90 Å². The molecule has 0 aliphatic rings. The highest BCUT2D eigenvalue weighted by Gasteiger charge is 2.22. The molecule has 0 unspecified atom stereocenters. The Morgan fingerprint density at radius 1 is 0.861 bits per heavy atom. The molecule has 0 radical (unpaired) electrons. The zero-order valence-electron chi connectivity index (χ0n) is 21.5. The molecule has 1 amide bonds. The molecule has 0 N–H and O–H groups in total. The highest BCUT2D eigenvalue weighted by Crippen LogP contribution is 2.35. The molecule has 0 fully saturated rings. The Morgan fingerprint density at radius 3 is 2.19 bits per heavy atom. The van der Waals surface area contributed by atoms with Gasteiger partial charge in [-0.3, -0.25) is 4.79 Å². The summed E-state index contributed by atoms with van der Waals surface area (Å²) in [7, 11) is 0. The molecule has 5 nitrogen and oxygen atoms in total. The van der Waals surface area contributed by atoms with Crippen molar-refractivity contribution in [1.82, 2.24) is 4.90 Å². The van der Waals surface area contributed by atoms with E-state index >= 15 is 0 Å². The Morgan fingerprint density at radius 2 is 1.53 bits per heavy atom. The highest BCUT2D eigenvalue weighted by atomic mass is 32.2. The number of nitrogens with zero attached hydrogens (tertiary/aromatic N) is 1. The largest absolute Gasteiger partial charge is 0.444 e. The van der Waals surface area contributed by atoms with Crippen molar-refractivity contribution >= 4 is 23.8 Å². The maximum absolute atomic E-state index is 12.9. The molecule has 190 valence electrons. The fraction of sp³-hybridized carbons (Fsp3) is 0.333. The quantitative estimate of drug-likeness (QED) is 0.211. The van der Waals surface area contributed by atoms with Gasteiger partial charge in [0.2, 0.25) is 0 Å². The molecule has 0 spiro atoms. The average Bonchev–Trinajstić information content (AvgIpc) is 2.83. The average molecular weight is 506 g/mol. The minimum Gasteiger partial charge on any atom is -0.444 e. The molecule has 36 heavy (non-hydrogen) atoms. The molecule has 3 rings (SSSR count). The van der Waals surface area contributed by atoms with Crippen molar-refractivity contribution in [2.45, 2.75) is 68.9 Å². The van der Waals surface area contributed by atoms with Crippen LogP contribution in [0.4, 0.5) is 4.79 Å². The molecular weight excluding hydrogens is 470 g/mol. The number of amides is 1. The Kier molecular flexibility index (Phi) is 10.00. The molecule has 0 bridgehead atoms. The molecule has 3 aromatic carbocycles. The predicted octanol–water partition coefficient (Wildman–Crippen LogP) is 7.52. The number of hydrogen-bond acceptors (Lipinski definition) is 5. The van der Waals surface area contributed by atoms with Crippen LogP contribution in [0.5, 0.6) is 5.75 Å². The monoisotopic (exact) mass is 505 g/mol. The van der Waals surface area contributed by atoms with Gasteiger partial charge in [-0.25, -0.2) is 4.79 Å². The molecule has 6 heteroatoms. The molecule has 0 saturated heterocycles. The van der Waals surface area contributed by atoms with Crippen LogP contribution in [-0.2, 0) is 22.5 Å². The van der Waals surface area contributed by atoms with Gasteiger partial charge in [0.15, 0.2) is 0 Å². The van der Waals surface area contributed by atoms with E-state index in [0.717, 1.165) is 27.3 Å². The van der Waals surface area contributed by atoms with E-state index in [4.69, 9.17) is 9.47 Å². The van der Waals surface area contributed by atoms with Gasteiger partial charge >= 0.3 is 12.1 Å². The van der Waals surface area contributed by atoms with Gasteiger partial charge in [0, 0.05) is 24.4 Å². The lowest BCUT2D eigenvalue weighted by molar-refractivity contribution is -0.134. The summed E-state index contributed by atoms with van der Waals surface area (Å²) >= 11 is 1.56. The maximum Gasteiger partial charge on any atom is 0.410 e. The fourth-order valence-electron chi connectivity index (χ4n) is 3.48. The number of hydrogen-bond donors (Lipinski definition) is 0. The summed E-state index contributed by atoms with van der Waals surface area (Å²) in [5.74, 6) is 0.366. The first-order chi connectivity index (χ1) is 17.2. The van der Waals surface area contributed by atoms with E-state index in [9.17, 15) is 9.59 Å². The molecule has 0 aromatic heterocycles. The van der Waals surface area contributed by atoms with Crippen LogP contribution >= 0.6 is 11.8 Å². The number of rotatable bonds is 10. The van der Waals surface area contributed by atoms with Gasteiger partial charge < -0.3 is 14.4 Å². The number of benzene rings is 3. The summed E-state index contributed by atoms with van der Waals surface area (Å²) < 4.78 is 11.2. The summed E-state index contributed by atoms with van der Waals surface area (Å²) in [6, 6.07) is 25.8. The predicted molar refractivity (Wildman–Crippen MR) is 144 cm³/mol. The minimum atomic E-state index is -0.550. The van der Waals surface area contributed by atoms with Gasteiger partial charge in [-0.15, -0.1) is 0 Å². The molecule has 0 saturated carbocycles. The Balaban J connectivity index is 1.64. The summed E-state index contributed by atoms with van der Waals surface area (Å²) in [5.41, 5.74) is 1.64. The van der Waals surface area contributed by atoms with Crippen LogP contribution in [0.2, 0.25) is 0 Å². The first-order valence-electron chi connectivity index (χ1n) is 12.3. The lowest BCUT2D eigenvalue weighted by atomic mass is 10.1. The SMILES string of the molecule is CCCC(=O)Oc1ccccc1Sc1ccc(CCN(Cc2ccccc2)C(=O)OC(C)(C)C)cc1. The second kappa shape index (κ2) is 13.2. The van der Waals surface area contributed by atoms with E-state index in [1.54, 1.807) is 16.7 Å². The zero-order valence-corrected chi connectivity index (χ0v) is 22.3. The van der Waals surface area contributed by atoms with Gasteiger partial charge in [0.1, 0.15) is 11.4 Å². The number of para-hydroxylation sites is 1. The second-order valence-corrected chi connectivity index (χ2v) is 10.7. The second-order valence-electron chi connectivity index (χ2n) is 9.55. The molecule has 0 heterocycles.